The van der Waals surface area contributed by atoms with Gasteiger partial charge in [0, 0.05) is 67.1 Å². The Kier molecular flexibility index (Phi) is 19.1. The molecular formula is C66H60Cl2N2O8S2. The van der Waals surface area contributed by atoms with Crippen LogP contribution in [-0.2, 0) is 53.0 Å². The third kappa shape index (κ3) is 13.6. The van der Waals surface area contributed by atoms with E-state index in [1.54, 1.807) is 36.9 Å². The van der Waals surface area contributed by atoms with Gasteiger partial charge in [-0.25, -0.2) is 4.79 Å². The van der Waals surface area contributed by atoms with Gasteiger partial charge in [-0.1, -0.05) is 145 Å². The van der Waals surface area contributed by atoms with E-state index in [-0.39, 0.29) is 30.8 Å². The molecule has 0 aliphatic rings. The number of methoxy groups -OCH3 is 3. The summed E-state index contributed by atoms with van der Waals surface area (Å²) in [5.41, 5.74) is 4.50. The van der Waals surface area contributed by atoms with Crippen molar-refractivity contribution in [2.75, 3.05) is 21.3 Å². The molecule has 0 fully saturated rings. The molecule has 0 aliphatic heterocycles. The molecule has 0 saturated carbocycles. The number of esters is 2. The van der Waals surface area contributed by atoms with Gasteiger partial charge in [0.25, 0.3) is 0 Å². The average Bonchev–Trinajstić information content (AvgIpc) is 4.28. The van der Waals surface area contributed by atoms with Crippen molar-refractivity contribution in [3.63, 3.8) is 0 Å². The minimum Gasteiger partial charge on any atom is -0.497 e. The molecule has 0 N–H and O–H groups in total. The summed E-state index contributed by atoms with van der Waals surface area (Å²) in [4.78, 5) is 38.3. The topological polar surface area (TPSA) is 115 Å². The van der Waals surface area contributed by atoms with Gasteiger partial charge in [0.15, 0.2) is 5.60 Å². The molecule has 6 aromatic carbocycles. The van der Waals surface area contributed by atoms with Crippen molar-refractivity contribution in [1.29, 1.82) is 0 Å². The number of pyridine rings is 2. The molecule has 5 atom stereocenters. The second kappa shape index (κ2) is 26.7. The Labute approximate surface area is 484 Å². The molecule has 0 aliphatic carbocycles. The molecule has 408 valence electrons. The lowest BCUT2D eigenvalue weighted by atomic mass is 9.76. The van der Waals surface area contributed by atoms with Crippen molar-refractivity contribution in [1.82, 2.24) is 9.97 Å². The van der Waals surface area contributed by atoms with Crippen molar-refractivity contribution in [2.45, 2.75) is 69.0 Å². The molecule has 14 heteroatoms. The molecule has 10 nitrogen and oxygen atoms in total. The molecule has 4 heterocycles. The molecule has 4 aromatic heterocycles. The fourth-order valence-electron chi connectivity index (χ4n) is 10.1. The molecule has 0 amide bonds. The van der Waals surface area contributed by atoms with Crippen molar-refractivity contribution in [3.8, 4) is 11.5 Å². The van der Waals surface area contributed by atoms with E-state index in [1.807, 2.05) is 188 Å². The number of fused-ring (bicyclic) bond motifs is 2. The predicted molar refractivity (Wildman–Crippen MR) is 320 cm³/mol. The van der Waals surface area contributed by atoms with E-state index in [1.165, 1.54) is 14.0 Å². The Morgan fingerprint density at radius 2 is 1.00 bits per heavy atom. The van der Waals surface area contributed by atoms with Crippen LogP contribution < -0.4 is 9.47 Å². The van der Waals surface area contributed by atoms with E-state index >= 15 is 0 Å². The number of ether oxygens (including phenoxy) is 6. The van der Waals surface area contributed by atoms with E-state index in [2.05, 4.69) is 24.3 Å². The van der Waals surface area contributed by atoms with Crippen molar-refractivity contribution in [3.05, 3.63) is 258 Å². The standard InChI is InChI=1S/C34H32ClNO4S.C32H28ClNO4S/c1-23(40-24(2)37)34(27-8-5-4-6-9-27,39-22-30-10-7-19-41-30)21-31(25-12-16-29(38-3)17-13-25)32-18-14-26-11-15-28(35)20-33(26)36-32;1-36-26-15-11-22(12-16-26)28(29-17-13-23-10-14-25(33)19-30(23)34-29)20-32(31(35)37-2,24-7-4-3-5-8-24)38-21-27-9-6-18-39-27/h4-20,23,31H,21-22H2,1-3H3;3-19,28H,20-21H2,1-2H3. The lowest BCUT2D eigenvalue weighted by molar-refractivity contribution is -0.178. The highest BCUT2D eigenvalue weighted by Crippen LogP contribution is 2.46. The fourth-order valence-corrected chi connectivity index (χ4v) is 11.6. The Hall–Kier alpha value is -7.42. The maximum absolute atomic E-state index is 13.7. The number of aromatic nitrogens is 2. The Bertz CT molecular complexity index is 3610. The van der Waals surface area contributed by atoms with Crippen LogP contribution in [0.1, 0.15) is 81.9 Å². The fraction of sp³-hybridized carbons (Fsp3) is 0.212. The van der Waals surface area contributed by atoms with Crippen LogP contribution in [0.15, 0.2) is 205 Å². The zero-order chi connectivity index (χ0) is 56.1. The van der Waals surface area contributed by atoms with Gasteiger partial charge in [-0.2, -0.15) is 0 Å². The highest BCUT2D eigenvalue weighted by Gasteiger charge is 2.47. The summed E-state index contributed by atoms with van der Waals surface area (Å²) in [7, 11) is 4.69. The van der Waals surface area contributed by atoms with Gasteiger partial charge in [0.2, 0.25) is 0 Å². The maximum atomic E-state index is 13.7. The minimum atomic E-state index is -1.39. The van der Waals surface area contributed by atoms with Gasteiger partial charge >= 0.3 is 11.9 Å². The van der Waals surface area contributed by atoms with E-state index < -0.39 is 23.3 Å². The largest absolute Gasteiger partial charge is 0.497 e. The second-order valence-corrected chi connectivity index (χ2v) is 22.1. The number of thiophene rings is 2. The molecule has 0 saturated heterocycles. The maximum Gasteiger partial charge on any atom is 0.342 e. The van der Waals surface area contributed by atoms with Crippen molar-refractivity contribution in [2.24, 2.45) is 0 Å². The number of rotatable bonds is 21. The van der Waals surface area contributed by atoms with Crippen LogP contribution >= 0.6 is 45.9 Å². The molecule has 10 aromatic rings. The van der Waals surface area contributed by atoms with Crippen LogP contribution in [0.2, 0.25) is 10.0 Å². The van der Waals surface area contributed by atoms with E-state index in [0.717, 1.165) is 76.7 Å². The van der Waals surface area contributed by atoms with Gasteiger partial charge in [0.05, 0.1) is 45.6 Å². The zero-order valence-corrected chi connectivity index (χ0v) is 48.1. The van der Waals surface area contributed by atoms with Crippen LogP contribution in [0.5, 0.6) is 11.5 Å². The quantitative estimate of drug-likeness (QED) is 0.0644. The van der Waals surface area contributed by atoms with Crippen LogP contribution in [0.25, 0.3) is 21.8 Å². The van der Waals surface area contributed by atoms with Crippen molar-refractivity contribution >= 4 is 79.6 Å². The Balaban J connectivity index is 0.000000194. The lowest BCUT2D eigenvalue weighted by Crippen LogP contribution is -2.44. The summed E-state index contributed by atoms with van der Waals surface area (Å²) < 4.78 is 35.7. The van der Waals surface area contributed by atoms with Gasteiger partial charge in [-0.05, 0) is 119 Å². The highest BCUT2D eigenvalue weighted by atomic mass is 35.5. The summed E-state index contributed by atoms with van der Waals surface area (Å²) in [5.74, 6) is 0.145. The van der Waals surface area contributed by atoms with Crippen LogP contribution in [-0.4, -0.2) is 49.3 Å². The number of hydrogen-bond acceptors (Lipinski definition) is 12. The van der Waals surface area contributed by atoms with Crippen molar-refractivity contribution < 1.29 is 38.0 Å². The van der Waals surface area contributed by atoms with E-state index in [0.29, 0.717) is 23.1 Å². The van der Waals surface area contributed by atoms with Gasteiger partial charge in [0.1, 0.15) is 23.2 Å². The average molecular weight is 1140 g/mol. The van der Waals surface area contributed by atoms with Crippen LogP contribution in [0.4, 0.5) is 0 Å². The first-order chi connectivity index (χ1) is 38.9. The van der Waals surface area contributed by atoms with E-state index in [4.69, 9.17) is 61.6 Å². The third-order valence-electron chi connectivity index (χ3n) is 14.2. The molecule has 10 rings (SSSR count). The summed E-state index contributed by atoms with van der Waals surface area (Å²) in [6, 6.07) is 62.9. The third-order valence-corrected chi connectivity index (χ3v) is 16.4. The summed E-state index contributed by atoms with van der Waals surface area (Å²) in [5, 5.41) is 7.25. The molecule has 80 heavy (non-hydrogen) atoms. The summed E-state index contributed by atoms with van der Waals surface area (Å²) in [6.07, 6.45) is 0.126. The van der Waals surface area contributed by atoms with Gasteiger partial charge < -0.3 is 28.4 Å². The van der Waals surface area contributed by atoms with Crippen LogP contribution in [0, 0.1) is 0 Å². The van der Waals surface area contributed by atoms with Gasteiger partial charge in [-0.3, -0.25) is 14.8 Å². The molecule has 0 spiro atoms. The SMILES string of the molecule is COC(=O)C(CC(c1ccc(OC)cc1)c1ccc2ccc(Cl)cc2n1)(OCc1cccs1)c1ccccc1.COc1ccc(C(CC(OCc2cccs2)(c2ccccc2)C(C)OC(C)=O)c2ccc3ccc(Cl)cc3n2)cc1. The van der Waals surface area contributed by atoms with Crippen LogP contribution in [0.3, 0.4) is 0 Å². The summed E-state index contributed by atoms with van der Waals surface area (Å²) >= 11 is 15.9. The lowest BCUT2D eigenvalue weighted by Gasteiger charge is -2.41. The molecule has 0 radical (unpaired) electrons. The Morgan fingerprint density at radius 3 is 1.45 bits per heavy atom. The smallest absolute Gasteiger partial charge is 0.342 e. The normalized spacial score (nSPS) is 13.9. The Morgan fingerprint density at radius 1 is 0.537 bits per heavy atom. The number of nitrogens with zero attached hydrogens (tertiary/aromatic N) is 2. The molecule has 0 bridgehead atoms. The first kappa shape index (κ1) is 57.3. The monoisotopic (exact) mass is 1140 g/mol. The number of carbonyl (C=O) groups is 2. The number of benzene rings is 6. The summed E-state index contributed by atoms with van der Waals surface area (Å²) in [6.45, 7) is 3.97. The van der Waals surface area contributed by atoms with Gasteiger partial charge in [-0.15, -0.1) is 22.7 Å². The number of hydrogen-bond donors (Lipinski definition) is 0. The predicted octanol–water partition coefficient (Wildman–Crippen LogP) is 16.3. The number of carbonyl (C=O) groups excluding carboxylic acids is 2. The number of halogens is 2. The first-order valence-corrected chi connectivity index (χ1v) is 28.5. The molecular weight excluding hydrogens is 1080 g/mol. The minimum absolute atomic E-state index is 0.217. The zero-order valence-electron chi connectivity index (χ0n) is 44.9. The highest BCUT2D eigenvalue weighted by molar-refractivity contribution is 7.10. The second-order valence-electron chi connectivity index (χ2n) is 19.1. The van der Waals surface area contributed by atoms with E-state index in [9.17, 15) is 9.59 Å². The molecule has 5 unspecified atom stereocenters. The first-order valence-electron chi connectivity index (χ1n) is 26.0.